The summed E-state index contributed by atoms with van der Waals surface area (Å²) in [6.07, 6.45) is 0. The third kappa shape index (κ3) is 4.62. The molecule has 0 aliphatic heterocycles. The number of carbonyl (C=O) groups excluding carboxylic acids is 1. The zero-order valence-electron chi connectivity index (χ0n) is 13.1. The van der Waals surface area contributed by atoms with Gasteiger partial charge < -0.3 is 10.1 Å². The summed E-state index contributed by atoms with van der Waals surface area (Å²) in [5, 5.41) is 1.91. The Bertz CT molecular complexity index is 803. The fourth-order valence-electron chi connectivity index (χ4n) is 1.83. The highest BCUT2D eigenvalue weighted by Crippen LogP contribution is 2.20. The summed E-state index contributed by atoms with van der Waals surface area (Å²) >= 11 is 5.67. The quantitative estimate of drug-likeness (QED) is 0.767. The molecule has 8 heteroatoms. The van der Waals surface area contributed by atoms with Gasteiger partial charge in [0, 0.05) is 11.4 Å². The Kier molecular flexibility index (Phi) is 5.69. The number of hydrogen-bond acceptors (Lipinski definition) is 4. The van der Waals surface area contributed by atoms with E-state index in [9.17, 15) is 13.2 Å². The van der Waals surface area contributed by atoms with E-state index in [2.05, 4.69) is 10.0 Å². The van der Waals surface area contributed by atoms with E-state index < -0.39 is 15.4 Å². The molecule has 0 spiro atoms. The van der Waals surface area contributed by atoms with E-state index in [4.69, 9.17) is 16.3 Å². The van der Waals surface area contributed by atoms with Gasteiger partial charge in [-0.1, -0.05) is 0 Å². The van der Waals surface area contributed by atoms with Gasteiger partial charge in [0.05, 0.1) is 12.0 Å². The average Bonchev–Trinajstić information content (AvgIpc) is 2.55. The van der Waals surface area contributed by atoms with Crippen LogP contribution in [-0.2, 0) is 14.8 Å². The molecule has 1 atom stereocenters. The summed E-state index contributed by atoms with van der Waals surface area (Å²) in [7, 11) is -2.19. The molecule has 0 unspecified atom stereocenters. The topological polar surface area (TPSA) is 84.5 Å². The molecule has 2 rings (SSSR count). The lowest BCUT2D eigenvalue weighted by molar-refractivity contribution is -0.115. The molecule has 128 valence electrons. The minimum Gasteiger partial charge on any atom is -0.497 e. The number of rotatable bonds is 6. The number of carbonyl (C=O) groups is 1. The van der Waals surface area contributed by atoms with E-state index in [1.54, 1.807) is 31.2 Å². The number of methoxy groups -OCH3 is 1. The highest BCUT2D eigenvalue weighted by molar-refractivity contribution is 7.92. The van der Waals surface area contributed by atoms with Crippen LogP contribution in [0, 0.1) is 0 Å². The van der Waals surface area contributed by atoms with Crippen LogP contribution in [0.5, 0.6) is 5.75 Å². The molecule has 0 bridgehead atoms. The number of hydrogen-bond donors (Lipinski definition) is 2. The first-order valence-corrected chi connectivity index (χ1v) is 8.95. The number of amides is 1. The average molecular weight is 369 g/mol. The molecule has 2 N–H and O–H groups in total. The molecule has 2 aromatic carbocycles. The van der Waals surface area contributed by atoms with Crippen LogP contribution >= 0.6 is 11.6 Å². The first kappa shape index (κ1) is 18.1. The van der Waals surface area contributed by atoms with Crippen molar-refractivity contribution < 1.29 is 17.9 Å². The van der Waals surface area contributed by atoms with Gasteiger partial charge in [0.2, 0.25) is 5.91 Å². The largest absolute Gasteiger partial charge is 0.497 e. The Morgan fingerprint density at radius 1 is 1.04 bits per heavy atom. The number of ether oxygens (including phenoxy) is 1. The number of nitrogens with one attached hydrogen (secondary N) is 2. The summed E-state index contributed by atoms with van der Waals surface area (Å²) in [4.78, 5) is 11.6. The summed E-state index contributed by atoms with van der Waals surface area (Å²) in [5.41, 5.74) is 0.889. The summed E-state index contributed by atoms with van der Waals surface area (Å²) in [5.74, 6) is 0.273. The summed E-state index contributed by atoms with van der Waals surface area (Å²) in [6, 6.07) is 12.3. The Labute approximate surface area is 145 Å². The van der Waals surface area contributed by atoms with Crippen LogP contribution < -0.4 is 14.8 Å². The van der Waals surface area contributed by atoms with E-state index in [0.29, 0.717) is 17.1 Å². The molecule has 6 nitrogen and oxygen atoms in total. The number of halogens is 1. The second kappa shape index (κ2) is 7.55. The predicted octanol–water partition coefficient (Wildman–Crippen LogP) is 3.06. The second-order valence-electron chi connectivity index (χ2n) is 4.96. The standard InChI is InChI=1S/C16H17ClN2O4S/c1-11(17)16(20)18-12-5-9-15(10-6-12)24(21,22)19-13-3-7-14(23-2)8-4-13/h3-11,19H,1-2H3,(H,18,20)/t11-/m0/s1. The van der Waals surface area contributed by atoms with Gasteiger partial charge in [-0.25, -0.2) is 8.42 Å². The van der Waals surface area contributed by atoms with Crippen molar-refractivity contribution >= 4 is 38.9 Å². The van der Waals surface area contributed by atoms with E-state index in [1.165, 1.54) is 31.4 Å². The first-order valence-electron chi connectivity index (χ1n) is 7.04. The van der Waals surface area contributed by atoms with Crippen molar-refractivity contribution in [3.63, 3.8) is 0 Å². The number of anilines is 2. The van der Waals surface area contributed by atoms with Crippen molar-refractivity contribution in [3.8, 4) is 5.75 Å². The van der Waals surface area contributed by atoms with Crippen LogP contribution in [0.25, 0.3) is 0 Å². The Hall–Kier alpha value is -2.25. The van der Waals surface area contributed by atoms with Gasteiger partial charge in [0.15, 0.2) is 0 Å². The van der Waals surface area contributed by atoms with E-state index >= 15 is 0 Å². The molecule has 0 heterocycles. The molecule has 0 aliphatic rings. The lowest BCUT2D eigenvalue weighted by atomic mass is 10.3. The Morgan fingerprint density at radius 2 is 1.58 bits per heavy atom. The number of sulfonamides is 1. The predicted molar refractivity (Wildman–Crippen MR) is 94.2 cm³/mol. The van der Waals surface area contributed by atoms with Gasteiger partial charge in [-0.3, -0.25) is 9.52 Å². The maximum atomic E-state index is 12.3. The molecular weight excluding hydrogens is 352 g/mol. The normalized spacial score (nSPS) is 12.3. The smallest absolute Gasteiger partial charge is 0.261 e. The van der Waals surface area contributed by atoms with Gasteiger partial charge in [-0.05, 0) is 55.5 Å². The summed E-state index contributed by atoms with van der Waals surface area (Å²) in [6.45, 7) is 1.55. The molecule has 0 aromatic heterocycles. The van der Waals surface area contributed by atoms with Crippen LogP contribution in [0.15, 0.2) is 53.4 Å². The lowest BCUT2D eigenvalue weighted by Crippen LogP contribution is -2.20. The maximum absolute atomic E-state index is 12.3. The molecule has 2 aromatic rings. The Morgan fingerprint density at radius 3 is 2.08 bits per heavy atom. The second-order valence-corrected chi connectivity index (χ2v) is 7.30. The molecule has 0 radical (unpaired) electrons. The zero-order valence-corrected chi connectivity index (χ0v) is 14.7. The minimum atomic E-state index is -3.72. The number of benzene rings is 2. The van der Waals surface area contributed by atoms with E-state index in [-0.39, 0.29) is 10.8 Å². The molecule has 0 saturated heterocycles. The van der Waals surface area contributed by atoms with Crippen molar-refractivity contribution in [1.29, 1.82) is 0 Å². The number of alkyl halides is 1. The lowest BCUT2D eigenvalue weighted by Gasteiger charge is -2.10. The van der Waals surface area contributed by atoms with Crippen molar-refractivity contribution in [2.24, 2.45) is 0 Å². The van der Waals surface area contributed by atoms with Gasteiger partial charge in [0.25, 0.3) is 10.0 Å². The van der Waals surface area contributed by atoms with Gasteiger partial charge in [0.1, 0.15) is 11.1 Å². The van der Waals surface area contributed by atoms with Crippen LogP contribution in [0.3, 0.4) is 0 Å². The highest BCUT2D eigenvalue weighted by atomic mass is 35.5. The monoisotopic (exact) mass is 368 g/mol. The zero-order chi connectivity index (χ0) is 17.7. The minimum absolute atomic E-state index is 0.0789. The van der Waals surface area contributed by atoms with Gasteiger partial charge in [-0.2, -0.15) is 0 Å². The third-order valence-corrected chi connectivity index (χ3v) is 4.73. The van der Waals surface area contributed by atoms with Crippen LogP contribution in [0.4, 0.5) is 11.4 Å². The van der Waals surface area contributed by atoms with E-state index in [0.717, 1.165) is 0 Å². The van der Waals surface area contributed by atoms with Gasteiger partial charge in [-0.15, -0.1) is 11.6 Å². The van der Waals surface area contributed by atoms with Crippen LogP contribution in [0.2, 0.25) is 0 Å². The fourth-order valence-corrected chi connectivity index (χ4v) is 2.95. The molecule has 1 amide bonds. The molecule has 24 heavy (non-hydrogen) atoms. The molecular formula is C16H17ClN2O4S. The Balaban J connectivity index is 2.12. The summed E-state index contributed by atoms with van der Waals surface area (Å²) < 4.78 is 32.2. The molecule has 0 fully saturated rings. The third-order valence-electron chi connectivity index (χ3n) is 3.14. The van der Waals surface area contributed by atoms with Gasteiger partial charge >= 0.3 is 0 Å². The maximum Gasteiger partial charge on any atom is 0.261 e. The van der Waals surface area contributed by atoms with Crippen molar-refractivity contribution in [1.82, 2.24) is 0 Å². The van der Waals surface area contributed by atoms with Crippen LogP contribution in [-0.4, -0.2) is 26.8 Å². The molecule has 0 aliphatic carbocycles. The van der Waals surface area contributed by atoms with Crippen molar-refractivity contribution in [3.05, 3.63) is 48.5 Å². The molecule has 0 saturated carbocycles. The van der Waals surface area contributed by atoms with Crippen molar-refractivity contribution in [2.75, 3.05) is 17.1 Å². The first-order chi connectivity index (χ1) is 11.3. The van der Waals surface area contributed by atoms with E-state index in [1.807, 2.05) is 0 Å². The SMILES string of the molecule is COc1ccc(NS(=O)(=O)c2ccc(NC(=O)[C@H](C)Cl)cc2)cc1. The van der Waals surface area contributed by atoms with Crippen LogP contribution in [0.1, 0.15) is 6.92 Å². The highest BCUT2D eigenvalue weighted by Gasteiger charge is 2.15. The fraction of sp³-hybridized carbons (Fsp3) is 0.188. The van der Waals surface area contributed by atoms with Crippen molar-refractivity contribution in [2.45, 2.75) is 17.2 Å².